The lowest BCUT2D eigenvalue weighted by molar-refractivity contribution is 0.235. The second-order valence-electron chi connectivity index (χ2n) is 8.89. The van der Waals surface area contributed by atoms with Crippen molar-refractivity contribution in [2.45, 2.75) is 117 Å². The molecule has 0 bridgehead atoms. The standard InChI is InChI=1S/C24H44/c1-3-5-6-13-23-15-9-10-16-24(23)14-8-7-12-22-19-17-21(11-4-2)18-20-22/h6,13,21-24H,3-5,7-12,14-20H2,1-2H3. The fourth-order valence-electron chi connectivity index (χ4n) is 5.34. The fraction of sp³-hybridized carbons (Fsp3) is 0.917. The average Bonchev–Trinajstić information content (AvgIpc) is 2.62. The zero-order valence-electron chi connectivity index (χ0n) is 16.8. The molecule has 0 aromatic carbocycles. The maximum absolute atomic E-state index is 2.59. The Kier molecular flexibility index (Phi) is 10.2. The molecule has 2 saturated carbocycles. The fourth-order valence-corrected chi connectivity index (χ4v) is 5.34. The Bertz CT molecular complexity index is 321. The molecule has 24 heavy (non-hydrogen) atoms. The maximum Gasteiger partial charge on any atom is -0.0205 e. The minimum absolute atomic E-state index is 0.912. The lowest BCUT2D eigenvalue weighted by atomic mass is 9.75. The van der Waals surface area contributed by atoms with Crippen LogP contribution in [0.25, 0.3) is 0 Å². The summed E-state index contributed by atoms with van der Waals surface area (Å²) in [4.78, 5) is 0. The molecule has 0 saturated heterocycles. The maximum atomic E-state index is 2.59. The zero-order chi connectivity index (χ0) is 17.0. The van der Waals surface area contributed by atoms with Gasteiger partial charge in [-0.3, -0.25) is 0 Å². The van der Waals surface area contributed by atoms with Crippen molar-refractivity contribution in [3.05, 3.63) is 12.2 Å². The number of unbranched alkanes of at least 4 members (excludes halogenated alkanes) is 2. The van der Waals surface area contributed by atoms with E-state index in [1.54, 1.807) is 0 Å². The highest BCUT2D eigenvalue weighted by molar-refractivity contribution is 4.93. The van der Waals surface area contributed by atoms with Crippen LogP contribution < -0.4 is 0 Å². The third-order valence-corrected chi connectivity index (χ3v) is 6.91. The van der Waals surface area contributed by atoms with Crippen molar-refractivity contribution in [2.24, 2.45) is 23.7 Å². The van der Waals surface area contributed by atoms with E-state index >= 15 is 0 Å². The van der Waals surface area contributed by atoms with Gasteiger partial charge in [0.25, 0.3) is 0 Å². The predicted molar refractivity (Wildman–Crippen MR) is 108 cm³/mol. The summed E-state index contributed by atoms with van der Waals surface area (Å²) in [5.41, 5.74) is 0. The van der Waals surface area contributed by atoms with Crippen LogP contribution in [0.3, 0.4) is 0 Å². The Morgan fingerprint density at radius 3 is 2.08 bits per heavy atom. The van der Waals surface area contributed by atoms with Crippen LogP contribution in [0.15, 0.2) is 12.2 Å². The molecule has 140 valence electrons. The first-order chi connectivity index (χ1) is 11.8. The Morgan fingerprint density at radius 1 is 0.708 bits per heavy atom. The van der Waals surface area contributed by atoms with Gasteiger partial charge in [-0.05, 0) is 49.4 Å². The summed E-state index contributed by atoms with van der Waals surface area (Å²) < 4.78 is 0. The van der Waals surface area contributed by atoms with Gasteiger partial charge in [0.1, 0.15) is 0 Å². The van der Waals surface area contributed by atoms with Crippen LogP contribution in [0.5, 0.6) is 0 Å². The van der Waals surface area contributed by atoms with E-state index in [0.29, 0.717) is 0 Å². The van der Waals surface area contributed by atoms with E-state index in [1.165, 1.54) is 103 Å². The quantitative estimate of drug-likeness (QED) is 0.278. The highest BCUT2D eigenvalue weighted by atomic mass is 14.3. The molecular formula is C24H44. The van der Waals surface area contributed by atoms with Gasteiger partial charge in [-0.25, -0.2) is 0 Å². The Hall–Kier alpha value is -0.260. The van der Waals surface area contributed by atoms with Gasteiger partial charge in [0, 0.05) is 0 Å². The van der Waals surface area contributed by atoms with Crippen molar-refractivity contribution >= 4 is 0 Å². The monoisotopic (exact) mass is 332 g/mol. The van der Waals surface area contributed by atoms with Crippen LogP contribution in [0.2, 0.25) is 0 Å². The van der Waals surface area contributed by atoms with Crippen LogP contribution in [0.1, 0.15) is 117 Å². The number of rotatable bonds is 10. The molecule has 0 amide bonds. The summed E-state index contributed by atoms with van der Waals surface area (Å²) in [6.07, 6.45) is 28.6. The van der Waals surface area contributed by atoms with Crippen molar-refractivity contribution in [2.75, 3.05) is 0 Å². The molecule has 0 aliphatic heterocycles. The lowest BCUT2D eigenvalue weighted by Crippen LogP contribution is -2.18. The summed E-state index contributed by atoms with van der Waals surface area (Å²) in [5, 5.41) is 0. The molecule has 0 N–H and O–H groups in total. The number of hydrogen-bond acceptors (Lipinski definition) is 0. The van der Waals surface area contributed by atoms with Crippen molar-refractivity contribution < 1.29 is 0 Å². The van der Waals surface area contributed by atoms with E-state index in [9.17, 15) is 0 Å². The molecular weight excluding hydrogens is 288 g/mol. The van der Waals surface area contributed by atoms with Gasteiger partial charge in [0.15, 0.2) is 0 Å². The average molecular weight is 333 g/mol. The second kappa shape index (κ2) is 12.2. The number of allylic oxidation sites excluding steroid dienone is 2. The van der Waals surface area contributed by atoms with Crippen molar-refractivity contribution in [3.63, 3.8) is 0 Å². The van der Waals surface area contributed by atoms with Crippen LogP contribution in [-0.4, -0.2) is 0 Å². The van der Waals surface area contributed by atoms with Gasteiger partial charge in [-0.15, -0.1) is 0 Å². The van der Waals surface area contributed by atoms with Crippen molar-refractivity contribution in [3.8, 4) is 0 Å². The molecule has 0 nitrogen and oxygen atoms in total. The molecule has 2 atom stereocenters. The molecule has 0 heteroatoms. The first-order valence-electron chi connectivity index (χ1n) is 11.5. The van der Waals surface area contributed by atoms with E-state index in [0.717, 1.165) is 23.7 Å². The van der Waals surface area contributed by atoms with E-state index in [-0.39, 0.29) is 0 Å². The summed E-state index contributed by atoms with van der Waals surface area (Å²) in [6, 6.07) is 0. The highest BCUT2D eigenvalue weighted by Crippen LogP contribution is 2.37. The number of hydrogen-bond donors (Lipinski definition) is 0. The molecule has 0 radical (unpaired) electrons. The minimum Gasteiger partial charge on any atom is -0.0883 e. The third-order valence-electron chi connectivity index (χ3n) is 6.91. The van der Waals surface area contributed by atoms with Gasteiger partial charge in [0.2, 0.25) is 0 Å². The first kappa shape index (κ1) is 20.1. The lowest BCUT2D eigenvalue weighted by Gasteiger charge is -2.30. The largest absolute Gasteiger partial charge is 0.0883 e. The van der Waals surface area contributed by atoms with Gasteiger partial charge in [-0.1, -0.05) is 103 Å². The Labute approximate surface area is 152 Å². The molecule has 0 aromatic heterocycles. The van der Waals surface area contributed by atoms with Crippen LogP contribution in [-0.2, 0) is 0 Å². The molecule has 0 aromatic rings. The van der Waals surface area contributed by atoms with Crippen molar-refractivity contribution in [1.29, 1.82) is 0 Å². The topological polar surface area (TPSA) is 0 Å². The molecule has 2 fully saturated rings. The highest BCUT2D eigenvalue weighted by Gasteiger charge is 2.23. The Balaban J connectivity index is 1.59. The van der Waals surface area contributed by atoms with Gasteiger partial charge in [0.05, 0.1) is 0 Å². The molecule has 0 spiro atoms. The summed E-state index contributed by atoms with van der Waals surface area (Å²) >= 11 is 0. The van der Waals surface area contributed by atoms with Crippen LogP contribution in [0.4, 0.5) is 0 Å². The Morgan fingerprint density at radius 2 is 1.38 bits per heavy atom. The molecule has 2 aliphatic rings. The van der Waals surface area contributed by atoms with Gasteiger partial charge < -0.3 is 0 Å². The van der Waals surface area contributed by atoms with Crippen LogP contribution in [0, 0.1) is 23.7 Å². The molecule has 2 unspecified atom stereocenters. The summed E-state index contributed by atoms with van der Waals surface area (Å²) in [5.74, 6) is 4.07. The molecule has 0 heterocycles. The molecule has 2 rings (SSSR count). The first-order valence-corrected chi connectivity index (χ1v) is 11.5. The second-order valence-corrected chi connectivity index (χ2v) is 8.89. The smallest absolute Gasteiger partial charge is 0.0205 e. The normalized spacial score (nSPS) is 31.6. The zero-order valence-corrected chi connectivity index (χ0v) is 16.8. The van der Waals surface area contributed by atoms with Gasteiger partial charge >= 0.3 is 0 Å². The van der Waals surface area contributed by atoms with E-state index in [4.69, 9.17) is 0 Å². The van der Waals surface area contributed by atoms with E-state index < -0.39 is 0 Å². The van der Waals surface area contributed by atoms with E-state index in [1.807, 2.05) is 0 Å². The third kappa shape index (κ3) is 7.32. The summed E-state index contributed by atoms with van der Waals surface area (Å²) in [7, 11) is 0. The van der Waals surface area contributed by atoms with Gasteiger partial charge in [-0.2, -0.15) is 0 Å². The van der Waals surface area contributed by atoms with E-state index in [2.05, 4.69) is 26.0 Å². The van der Waals surface area contributed by atoms with Crippen LogP contribution >= 0.6 is 0 Å². The minimum atomic E-state index is 0.912. The summed E-state index contributed by atoms with van der Waals surface area (Å²) in [6.45, 7) is 4.64. The van der Waals surface area contributed by atoms with Crippen molar-refractivity contribution in [1.82, 2.24) is 0 Å². The molecule has 2 aliphatic carbocycles. The SMILES string of the molecule is CCCC=CC1CCCCC1CCCCC1CCC(CCC)CC1. The predicted octanol–water partition coefficient (Wildman–Crippen LogP) is 8.32.